The lowest BCUT2D eigenvalue weighted by Crippen LogP contribution is -2.11. The molecule has 4 rings (SSSR count). The summed E-state index contributed by atoms with van der Waals surface area (Å²) in [5, 5.41) is 8.03. The van der Waals surface area contributed by atoms with Crippen LogP contribution in [0, 0.1) is 0 Å². The van der Waals surface area contributed by atoms with Gasteiger partial charge in [0.1, 0.15) is 18.1 Å². The highest BCUT2D eigenvalue weighted by Crippen LogP contribution is 2.28. The van der Waals surface area contributed by atoms with E-state index in [0.29, 0.717) is 33.7 Å². The van der Waals surface area contributed by atoms with E-state index in [9.17, 15) is 4.79 Å². The van der Waals surface area contributed by atoms with Crippen LogP contribution in [0.1, 0.15) is 15.9 Å². The Morgan fingerprint density at radius 1 is 1.00 bits per heavy atom. The number of nitrogens with zero attached hydrogens (tertiary/aromatic N) is 2. The molecular weight excluding hydrogens is 529 g/mol. The molecule has 0 spiro atoms. The third-order valence-electron chi connectivity index (χ3n) is 4.57. The molecule has 168 valence electrons. The number of carbonyl (C=O) groups excluding carboxylic acids is 1. The molecule has 6 nitrogen and oxygen atoms in total. The van der Waals surface area contributed by atoms with Gasteiger partial charge in [-0.15, -0.1) is 0 Å². The lowest BCUT2D eigenvalue weighted by atomic mass is 10.1. The van der Waals surface area contributed by atoms with Gasteiger partial charge in [0.2, 0.25) is 0 Å². The molecule has 9 heteroatoms. The van der Waals surface area contributed by atoms with Crippen LogP contribution in [-0.2, 0) is 13.3 Å². The summed E-state index contributed by atoms with van der Waals surface area (Å²) in [5.41, 5.74) is 1.99. The maximum atomic E-state index is 12.6. The van der Waals surface area contributed by atoms with E-state index in [1.165, 1.54) is 0 Å². The van der Waals surface area contributed by atoms with Gasteiger partial charge in [0, 0.05) is 15.1 Å². The molecule has 4 aromatic rings. The minimum Gasteiger partial charge on any atom is -0.487 e. The summed E-state index contributed by atoms with van der Waals surface area (Å²) in [6.45, 7) is 0.540. The summed E-state index contributed by atoms with van der Waals surface area (Å²) in [4.78, 5) is 12.6. The van der Waals surface area contributed by atoms with Gasteiger partial charge in [-0.25, -0.2) is 4.68 Å². The minimum atomic E-state index is -0.239. The normalized spacial score (nSPS) is 10.6. The average molecular weight is 547 g/mol. The van der Waals surface area contributed by atoms with Crippen molar-refractivity contribution in [3.8, 4) is 11.5 Å². The maximum Gasteiger partial charge on any atom is 0.255 e. The summed E-state index contributed by atoms with van der Waals surface area (Å²) >= 11 is 15.4. The highest BCUT2D eigenvalue weighted by atomic mass is 79.9. The van der Waals surface area contributed by atoms with Crippen molar-refractivity contribution in [2.24, 2.45) is 0 Å². The first kappa shape index (κ1) is 23.2. The molecule has 0 unspecified atom stereocenters. The Morgan fingerprint density at radius 3 is 2.48 bits per heavy atom. The molecule has 0 fully saturated rings. The van der Waals surface area contributed by atoms with Crippen molar-refractivity contribution in [2.45, 2.75) is 13.3 Å². The monoisotopic (exact) mass is 545 g/mol. The number of halogens is 3. The molecule has 33 heavy (non-hydrogen) atoms. The highest BCUT2D eigenvalue weighted by Gasteiger charge is 2.09. The molecule has 1 N–H and O–H groups in total. The first-order valence-electron chi connectivity index (χ1n) is 9.85. The predicted molar refractivity (Wildman–Crippen MR) is 132 cm³/mol. The molecule has 0 aliphatic carbocycles. The van der Waals surface area contributed by atoms with Crippen molar-refractivity contribution < 1.29 is 14.3 Å². The first-order chi connectivity index (χ1) is 16.0. The van der Waals surface area contributed by atoms with Gasteiger partial charge in [0.25, 0.3) is 5.91 Å². The summed E-state index contributed by atoms with van der Waals surface area (Å²) in [6.07, 6.45) is 3.27. The van der Waals surface area contributed by atoms with Crippen LogP contribution in [0.25, 0.3) is 0 Å². The zero-order valence-electron chi connectivity index (χ0n) is 17.2. The van der Waals surface area contributed by atoms with Crippen molar-refractivity contribution in [3.63, 3.8) is 0 Å². The van der Waals surface area contributed by atoms with Crippen LogP contribution in [0.5, 0.6) is 11.5 Å². The van der Waals surface area contributed by atoms with Crippen LogP contribution >= 0.6 is 39.1 Å². The summed E-state index contributed by atoms with van der Waals surface area (Å²) in [6, 6.07) is 19.7. The second kappa shape index (κ2) is 10.7. The van der Waals surface area contributed by atoms with Crippen molar-refractivity contribution in [2.75, 3.05) is 5.32 Å². The number of carbonyl (C=O) groups is 1. The standard InChI is InChI=1S/C24H18BrCl2N3O3/c25-18-5-8-21(9-6-18)33-15-30-13-20(12-28-30)29-24(31)17-3-1-16(2-4-17)14-32-23-10-7-19(26)11-22(23)27/h1-13H,14-15H2,(H,29,31). The van der Waals surface area contributed by atoms with Gasteiger partial charge >= 0.3 is 0 Å². The summed E-state index contributed by atoms with van der Waals surface area (Å²) < 4.78 is 14.0. The molecule has 0 aliphatic heterocycles. The Labute approximate surface area is 209 Å². The molecule has 1 heterocycles. The molecule has 0 atom stereocenters. The molecule has 0 radical (unpaired) electrons. The SMILES string of the molecule is O=C(Nc1cnn(COc2ccc(Br)cc2)c1)c1ccc(COc2ccc(Cl)cc2Cl)cc1. The Hall–Kier alpha value is -3.00. The molecule has 0 aliphatic rings. The Morgan fingerprint density at radius 2 is 1.76 bits per heavy atom. The van der Waals surface area contributed by atoms with Crippen molar-refractivity contribution in [1.29, 1.82) is 0 Å². The largest absolute Gasteiger partial charge is 0.487 e. The van der Waals surface area contributed by atoms with Gasteiger partial charge in [-0.3, -0.25) is 4.79 Å². The van der Waals surface area contributed by atoms with Crippen LogP contribution in [0.3, 0.4) is 0 Å². The van der Waals surface area contributed by atoms with Crippen LogP contribution in [-0.4, -0.2) is 15.7 Å². The Bertz CT molecular complexity index is 1240. The van der Waals surface area contributed by atoms with Crippen molar-refractivity contribution >= 4 is 50.7 Å². The highest BCUT2D eigenvalue weighted by molar-refractivity contribution is 9.10. The van der Waals surface area contributed by atoms with Gasteiger partial charge in [-0.05, 0) is 60.2 Å². The lowest BCUT2D eigenvalue weighted by Gasteiger charge is -2.09. The Kier molecular flexibility index (Phi) is 7.54. The van der Waals surface area contributed by atoms with Gasteiger partial charge in [0.05, 0.1) is 23.1 Å². The minimum absolute atomic E-state index is 0.226. The molecule has 3 aromatic carbocycles. The maximum absolute atomic E-state index is 12.6. The number of benzene rings is 3. The number of rotatable bonds is 8. The van der Waals surface area contributed by atoms with Gasteiger partial charge in [-0.1, -0.05) is 51.3 Å². The van der Waals surface area contributed by atoms with Crippen molar-refractivity contribution in [3.05, 3.63) is 105 Å². The van der Waals surface area contributed by atoms with Crippen molar-refractivity contribution in [1.82, 2.24) is 9.78 Å². The lowest BCUT2D eigenvalue weighted by molar-refractivity contribution is 0.102. The number of aromatic nitrogens is 2. The molecule has 0 bridgehead atoms. The van der Waals surface area contributed by atoms with E-state index in [2.05, 4.69) is 26.3 Å². The van der Waals surface area contributed by atoms with Crippen LogP contribution in [0.4, 0.5) is 5.69 Å². The second-order valence-corrected chi connectivity index (χ2v) is 8.77. The number of anilines is 1. The number of ether oxygens (including phenoxy) is 2. The molecule has 1 amide bonds. The van der Waals surface area contributed by atoms with E-state index in [-0.39, 0.29) is 12.6 Å². The summed E-state index contributed by atoms with van der Waals surface area (Å²) in [7, 11) is 0. The number of amides is 1. The van der Waals surface area contributed by atoms with E-state index >= 15 is 0 Å². The molecule has 1 aromatic heterocycles. The van der Waals surface area contributed by atoms with E-state index < -0.39 is 0 Å². The molecule has 0 saturated carbocycles. The molecular formula is C24H18BrCl2N3O3. The fourth-order valence-corrected chi connectivity index (χ4v) is 3.61. The van der Waals surface area contributed by atoms with Crippen LogP contribution in [0.2, 0.25) is 10.0 Å². The van der Waals surface area contributed by atoms with E-state index in [1.807, 2.05) is 36.4 Å². The van der Waals surface area contributed by atoms with Crippen LogP contribution in [0.15, 0.2) is 83.6 Å². The number of nitrogens with one attached hydrogen (secondary N) is 1. The fraction of sp³-hybridized carbons (Fsp3) is 0.0833. The topological polar surface area (TPSA) is 65.4 Å². The number of hydrogen-bond acceptors (Lipinski definition) is 4. The second-order valence-electron chi connectivity index (χ2n) is 7.01. The fourth-order valence-electron chi connectivity index (χ4n) is 2.88. The van der Waals surface area contributed by atoms with Gasteiger partial charge in [0.15, 0.2) is 6.73 Å². The van der Waals surface area contributed by atoms with E-state index in [0.717, 1.165) is 15.8 Å². The molecule has 0 saturated heterocycles. The third kappa shape index (κ3) is 6.51. The van der Waals surface area contributed by atoms with E-state index in [1.54, 1.807) is 47.4 Å². The Balaban J connectivity index is 1.29. The van der Waals surface area contributed by atoms with Gasteiger partial charge < -0.3 is 14.8 Å². The first-order valence-corrected chi connectivity index (χ1v) is 11.4. The average Bonchev–Trinajstić information content (AvgIpc) is 3.25. The van der Waals surface area contributed by atoms with E-state index in [4.69, 9.17) is 32.7 Å². The smallest absolute Gasteiger partial charge is 0.255 e. The van der Waals surface area contributed by atoms with Gasteiger partial charge in [-0.2, -0.15) is 5.10 Å². The zero-order chi connectivity index (χ0) is 23.2. The quantitative estimate of drug-likeness (QED) is 0.263. The van der Waals surface area contributed by atoms with Crippen LogP contribution < -0.4 is 14.8 Å². The summed E-state index contributed by atoms with van der Waals surface area (Å²) in [5.74, 6) is 1.03. The third-order valence-corrected chi connectivity index (χ3v) is 5.63. The zero-order valence-corrected chi connectivity index (χ0v) is 20.3. The predicted octanol–water partition coefficient (Wildman–Crippen LogP) is 6.82. The number of hydrogen-bond donors (Lipinski definition) is 1.